The molecule has 0 aromatic carbocycles. The van der Waals surface area contributed by atoms with E-state index in [0.29, 0.717) is 5.82 Å². The highest BCUT2D eigenvalue weighted by Gasteiger charge is 2.29. The molecular formula is C9H12F2N2O2. The Hall–Kier alpha value is -1.46. The third-order valence-corrected chi connectivity index (χ3v) is 2.10. The zero-order valence-electron chi connectivity index (χ0n) is 8.50. The van der Waals surface area contributed by atoms with Crippen molar-refractivity contribution in [3.8, 4) is 0 Å². The first-order chi connectivity index (χ1) is 6.82. The molecule has 0 aliphatic rings. The fourth-order valence-electron chi connectivity index (χ4n) is 1.31. The van der Waals surface area contributed by atoms with Gasteiger partial charge in [0.05, 0.1) is 12.6 Å². The average molecular weight is 218 g/mol. The molecule has 0 aliphatic carbocycles. The molecule has 4 nitrogen and oxygen atoms in total. The van der Waals surface area contributed by atoms with E-state index < -0.39 is 11.9 Å². The SMILES string of the molecule is Cn1c(C(C)(F)F)cnc1CCC(=O)O. The van der Waals surface area contributed by atoms with Crippen LogP contribution in [0, 0.1) is 0 Å². The maximum Gasteiger partial charge on any atom is 0.303 e. The van der Waals surface area contributed by atoms with Gasteiger partial charge in [-0.15, -0.1) is 0 Å². The zero-order chi connectivity index (χ0) is 11.6. The van der Waals surface area contributed by atoms with Gasteiger partial charge in [0.15, 0.2) is 0 Å². The van der Waals surface area contributed by atoms with Crippen LogP contribution in [0.25, 0.3) is 0 Å². The highest BCUT2D eigenvalue weighted by molar-refractivity contribution is 5.66. The largest absolute Gasteiger partial charge is 0.481 e. The molecule has 0 atom stereocenters. The summed E-state index contributed by atoms with van der Waals surface area (Å²) >= 11 is 0. The number of aryl methyl sites for hydroxylation is 1. The van der Waals surface area contributed by atoms with Crippen LogP contribution in [0.3, 0.4) is 0 Å². The van der Waals surface area contributed by atoms with Crippen molar-refractivity contribution in [2.45, 2.75) is 25.7 Å². The molecule has 1 rings (SSSR count). The molecule has 84 valence electrons. The van der Waals surface area contributed by atoms with Gasteiger partial charge in [0.1, 0.15) is 11.5 Å². The Balaban J connectivity index is 2.85. The molecule has 1 heterocycles. The maximum absolute atomic E-state index is 13.0. The molecule has 0 radical (unpaired) electrons. The van der Waals surface area contributed by atoms with E-state index in [4.69, 9.17) is 5.11 Å². The molecule has 1 N–H and O–H groups in total. The molecule has 15 heavy (non-hydrogen) atoms. The van der Waals surface area contributed by atoms with E-state index >= 15 is 0 Å². The number of alkyl halides is 2. The Morgan fingerprint density at radius 3 is 2.67 bits per heavy atom. The van der Waals surface area contributed by atoms with Crippen LogP contribution < -0.4 is 0 Å². The molecule has 0 bridgehead atoms. The van der Waals surface area contributed by atoms with Gasteiger partial charge in [0, 0.05) is 20.4 Å². The van der Waals surface area contributed by atoms with Crippen LogP contribution in [-0.2, 0) is 24.2 Å². The molecule has 0 spiro atoms. The number of hydrogen-bond donors (Lipinski definition) is 1. The van der Waals surface area contributed by atoms with E-state index in [-0.39, 0.29) is 18.5 Å². The topological polar surface area (TPSA) is 55.1 Å². The normalized spacial score (nSPS) is 11.7. The first-order valence-electron chi connectivity index (χ1n) is 4.43. The summed E-state index contributed by atoms with van der Waals surface area (Å²) in [5.41, 5.74) is -0.206. The number of aliphatic carboxylic acids is 1. The second-order valence-electron chi connectivity index (χ2n) is 3.40. The Morgan fingerprint density at radius 1 is 1.67 bits per heavy atom. The number of nitrogens with zero attached hydrogens (tertiary/aromatic N) is 2. The third-order valence-electron chi connectivity index (χ3n) is 2.10. The van der Waals surface area contributed by atoms with Gasteiger partial charge in [-0.2, -0.15) is 8.78 Å². The lowest BCUT2D eigenvalue weighted by Gasteiger charge is -2.11. The monoisotopic (exact) mass is 218 g/mol. The van der Waals surface area contributed by atoms with E-state index in [1.165, 1.54) is 11.6 Å². The predicted octanol–water partition coefficient (Wildman–Crippen LogP) is 1.55. The molecule has 0 aliphatic heterocycles. The van der Waals surface area contributed by atoms with E-state index in [1.54, 1.807) is 0 Å². The summed E-state index contributed by atoms with van der Waals surface area (Å²) in [6.07, 6.45) is 1.12. The highest BCUT2D eigenvalue weighted by atomic mass is 19.3. The van der Waals surface area contributed by atoms with Crippen LogP contribution in [0.2, 0.25) is 0 Å². The van der Waals surface area contributed by atoms with Crippen molar-refractivity contribution in [2.24, 2.45) is 7.05 Å². The van der Waals surface area contributed by atoms with Crippen molar-refractivity contribution in [1.29, 1.82) is 0 Å². The van der Waals surface area contributed by atoms with Crippen molar-refractivity contribution in [1.82, 2.24) is 9.55 Å². The molecule has 0 saturated carbocycles. The first-order valence-corrected chi connectivity index (χ1v) is 4.43. The second kappa shape index (κ2) is 3.96. The Bertz CT molecular complexity index is 369. The molecule has 1 aromatic rings. The van der Waals surface area contributed by atoms with Gasteiger partial charge in [0.25, 0.3) is 5.92 Å². The van der Waals surface area contributed by atoms with E-state index in [2.05, 4.69) is 4.98 Å². The minimum absolute atomic E-state index is 0.112. The average Bonchev–Trinajstić information content (AvgIpc) is 2.42. The molecule has 0 amide bonds. The van der Waals surface area contributed by atoms with Gasteiger partial charge in [-0.25, -0.2) is 4.98 Å². The van der Waals surface area contributed by atoms with Gasteiger partial charge >= 0.3 is 5.97 Å². The smallest absolute Gasteiger partial charge is 0.303 e. The number of halogens is 2. The number of imidazole rings is 1. The Labute approximate surface area is 85.5 Å². The van der Waals surface area contributed by atoms with Crippen molar-refractivity contribution in [2.75, 3.05) is 0 Å². The second-order valence-corrected chi connectivity index (χ2v) is 3.40. The third kappa shape index (κ3) is 2.74. The van der Waals surface area contributed by atoms with Gasteiger partial charge in [-0.3, -0.25) is 4.79 Å². The quantitative estimate of drug-likeness (QED) is 0.834. The molecule has 0 unspecified atom stereocenters. The number of rotatable bonds is 4. The molecule has 1 aromatic heterocycles. The van der Waals surface area contributed by atoms with Gasteiger partial charge in [0.2, 0.25) is 0 Å². The minimum atomic E-state index is -2.96. The van der Waals surface area contributed by atoms with Crippen molar-refractivity contribution in [3.63, 3.8) is 0 Å². The summed E-state index contributed by atoms with van der Waals surface area (Å²) in [5.74, 6) is -3.57. The number of hydrogen-bond acceptors (Lipinski definition) is 2. The van der Waals surface area contributed by atoms with Crippen LogP contribution in [0.4, 0.5) is 8.78 Å². The zero-order valence-corrected chi connectivity index (χ0v) is 8.50. The van der Waals surface area contributed by atoms with Gasteiger partial charge in [-0.05, 0) is 0 Å². The fourth-order valence-corrected chi connectivity index (χ4v) is 1.31. The van der Waals surface area contributed by atoms with Crippen LogP contribution >= 0.6 is 0 Å². The van der Waals surface area contributed by atoms with Crippen LogP contribution in [-0.4, -0.2) is 20.6 Å². The Kier molecular flexibility index (Phi) is 3.06. The summed E-state index contributed by atoms with van der Waals surface area (Å²) in [7, 11) is 1.46. The Morgan fingerprint density at radius 2 is 2.27 bits per heavy atom. The molecule has 0 saturated heterocycles. The number of carboxylic acid groups (broad SMARTS) is 1. The van der Waals surface area contributed by atoms with Crippen LogP contribution in [0.1, 0.15) is 24.9 Å². The summed E-state index contributed by atoms with van der Waals surface area (Å²) in [4.78, 5) is 14.1. The molecule has 0 fully saturated rings. The number of carboxylic acids is 1. The fraction of sp³-hybridized carbons (Fsp3) is 0.556. The lowest BCUT2D eigenvalue weighted by atomic mass is 10.3. The summed E-state index contributed by atoms with van der Waals surface area (Å²) in [6.45, 7) is 0.783. The predicted molar refractivity (Wildman–Crippen MR) is 48.7 cm³/mol. The standard InChI is InChI=1S/C9H12F2N2O2/c1-9(10,11)6-5-12-7(13(6)2)3-4-8(14)15/h5H,3-4H2,1-2H3,(H,14,15). The van der Waals surface area contributed by atoms with Gasteiger partial charge < -0.3 is 9.67 Å². The van der Waals surface area contributed by atoms with Crippen LogP contribution in [0.5, 0.6) is 0 Å². The summed E-state index contributed by atoms with van der Waals surface area (Å²) in [6, 6.07) is 0. The molecular weight excluding hydrogens is 206 g/mol. The lowest BCUT2D eigenvalue weighted by Crippen LogP contribution is -2.14. The number of aromatic nitrogens is 2. The van der Waals surface area contributed by atoms with Crippen molar-refractivity contribution in [3.05, 3.63) is 17.7 Å². The summed E-state index contributed by atoms with van der Waals surface area (Å²) in [5, 5.41) is 8.45. The van der Waals surface area contributed by atoms with Crippen LogP contribution in [0.15, 0.2) is 6.20 Å². The van der Waals surface area contributed by atoms with Crippen molar-refractivity contribution < 1.29 is 18.7 Å². The van der Waals surface area contributed by atoms with Gasteiger partial charge in [-0.1, -0.05) is 0 Å². The highest BCUT2D eigenvalue weighted by Crippen LogP contribution is 2.26. The van der Waals surface area contributed by atoms with Crippen molar-refractivity contribution >= 4 is 5.97 Å². The number of carbonyl (C=O) groups is 1. The van der Waals surface area contributed by atoms with E-state index in [9.17, 15) is 13.6 Å². The van der Waals surface area contributed by atoms with E-state index in [1.807, 2.05) is 0 Å². The first kappa shape index (κ1) is 11.6. The molecule has 6 heteroatoms. The minimum Gasteiger partial charge on any atom is -0.481 e. The van der Waals surface area contributed by atoms with E-state index in [0.717, 1.165) is 13.1 Å². The maximum atomic E-state index is 13.0. The lowest BCUT2D eigenvalue weighted by molar-refractivity contribution is -0.137. The summed E-state index contributed by atoms with van der Waals surface area (Å²) < 4.78 is 27.1.